The third-order valence-electron chi connectivity index (χ3n) is 6.50. The summed E-state index contributed by atoms with van der Waals surface area (Å²) in [5.41, 5.74) is 1.09. The van der Waals surface area contributed by atoms with Crippen molar-refractivity contribution in [1.82, 2.24) is 20.1 Å². The van der Waals surface area contributed by atoms with Crippen molar-refractivity contribution < 1.29 is 4.79 Å². The summed E-state index contributed by atoms with van der Waals surface area (Å²) >= 11 is 0. The summed E-state index contributed by atoms with van der Waals surface area (Å²) in [6, 6.07) is 7.01. The van der Waals surface area contributed by atoms with E-state index >= 15 is 0 Å². The first-order valence-electron chi connectivity index (χ1n) is 11.8. The maximum atomic E-state index is 12.7. The Morgan fingerprint density at radius 3 is 2.66 bits per heavy atom. The largest absolute Gasteiger partial charge is 0.355 e. The number of allylic oxidation sites excluding steroid dienone is 2. The lowest BCUT2D eigenvalue weighted by atomic mass is 10.0. The Balaban J connectivity index is 1.59. The Kier molecular flexibility index (Phi) is 9.00. The number of hydrogen-bond donors (Lipinski definition) is 1. The fourth-order valence-corrected chi connectivity index (χ4v) is 4.56. The normalized spacial score (nSPS) is 20.0. The van der Waals surface area contributed by atoms with Gasteiger partial charge in [-0.1, -0.05) is 12.1 Å². The van der Waals surface area contributed by atoms with E-state index in [4.69, 9.17) is 0 Å². The number of likely N-dealkylation sites (tertiary alicyclic amines) is 1. The van der Waals surface area contributed by atoms with Gasteiger partial charge in [0.2, 0.25) is 0 Å². The van der Waals surface area contributed by atoms with Gasteiger partial charge in [0.15, 0.2) is 0 Å². The highest BCUT2D eigenvalue weighted by Crippen LogP contribution is 2.21. The zero-order valence-corrected chi connectivity index (χ0v) is 19.8. The zero-order chi connectivity index (χ0) is 22.9. The highest BCUT2D eigenvalue weighted by molar-refractivity contribution is 5.94. The number of nitrogens with zero attached hydrogens (tertiary/aromatic N) is 5. The molecule has 1 aromatic rings. The molecular weight excluding hydrogens is 400 g/mol. The molecule has 3 heterocycles. The highest BCUT2D eigenvalue weighted by Gasteiger charge is 2.27. The van der Waals surface area contributed by atoms with Gasteiger partial charge >= 0.3 is 0 Å². The predicted octanol–water partition coefficient (Wildman–Crippen LogP) is 3.31. The van der Waals surface area contributed by atoms with E-state index in [0.29, 0.717) is 23.5 Å². The minimum absolute atomic E-state index is 0.220. The number of piperidine rings is 1. The van der Waals surface area contributed by atoms with Crippen LogP contribution in [0, 0.1) is 0 Å². The summed E-state index contributed by atoms with van der Waals surface area (Å²) in [5, 5.41) is 2.88. The van der Waals surface area contributed by atoms with Crippen LogP contribution in [0.2, 0.25) is 0 Å². The van der Waals surface area contributed by atoms with E-state index in [9.17, 15) is 4.79 Å². The fraction of sp³-hybridized carbons (Fsp3) is 0.560. The molecule has 2 saturated heterocycles. The van der Waals surface area contributed by atoms with Gasteiger partial charge in [-0.25, -0.2) is 4.98 Å². The second kappa shape index (κ2) is 11.9. The quantitative estimate of drug-likeness (QED) is 0.523. The molecule has 0 atom stereocenters. The summed E-state index contributed by atoms with van der Waals surface area (Å²) in [6.45, 7) is 16.4. The standard InChI is InChI=1S/C25H38N6O/c1-5-21(10-13-26-4)27-25(32)23-8-6-9-24(28-23)31-15-7-14-30(18-19-31)22-11-16-29(17-12-22)20(2)3/h5-6,8-10,13,20,22H,4,7,11-12,14-19H2,1-3H3,(H,27,32)/b13-10-,21-5+. The van der Waals surface area contributed by atoms with E-state index < -0.39 is 0 Å². The summed E-state index contributed by atoms with van der Waals surface area (Å²) in [6.07, 6.45) is 8.71. The lowest BCUT2D eigenvalue weighted by Crippen LogP contribution is -2.47. The third kappa shape index (κ3) is 6.50. The van der Waals surface area contributed by atoms with E-state index in [1.807, 2.05) is 25.1 Å². The van der Waals surface area contributed by atoms with Gasteiger partial charge in [-0.15, -0.1) is 0 Å². The number of hydrogen-bond acceptors (Lipinski definition) is 6. The molecule has 0 saturated carbocycles. The number of aliphatic imine (C=N–C) groups is 1. The maximum Gasteiger partial charge on any atom is 0.274 e. The van der Waals surface area contributed by atoms with Crippen molar-refractivity contribution in [3.63, 3.8) is 0 Å². The number of rotatable bonds is 7. The lowest BCUT2D eigenvalue weighted by Gasteiger charge is -2.39. The molecule has 2 fully saturated rings. The Labute approximate surface area is 192 Å². The second-order valence-electron chi connectivity index (χ2n) is 8.81. The number of anilines is 1. The molecule has 2 aliphatic rings. The number of amides is 1. The topological polar surface area (TPSA) is 64.1 Å². The maximum absolute atomic E-state index is 12.7. The molecule has 0 radical (unpaired) electrons. The van der Waals surface area contributed by atoms with Crippen LogP contribution in [0.25, 0.3) is 0 Å². The third-order valence-corrected chi connectivity index (χ3v) is 6.50. The van der Waals surface area contributed by atoms with E-state index in [1.165, 1.54) is 25.9 Å². The number of carbonyl (C=O) groups is 1. The van der Waals surface area contributed by atoms with Gasteiger partial charge in [0.1, 0.15) is 11.5 Å². The van der Waals surface area contributed by atoms with Gasteiger partial charge in [0.25, 0.3) is 5.91 Å². The zero-order valence-electron chi connectivity index (χ0n) is 19.8. The van der Waals surface area contributed by atoms with Crippen molar-refractivity contribution in [2.45, 2.75) is 52.1 Å². The van der Waals surface area contributed by atoms with E-state index in [0.717, 1.165) is 38.4 Å². The van der Waals surface area contributed by atoms with Crippen LogP contribution in [-0.4, -0.2) is 78.8 Å². The minimum atomic E-state index is -0.220. The van der Waals surface area contributed by atoms with Crippen LogP contribution in [0.4, 0.5) is 5.82 Å². The van der Waals surface area contributed by atoms with Crippen molar-refractivity contribution >= 4 is 18.4 Å². The van der Waals surface area contributed by atoms with Gasteiger partial charge in [-0.2, -0.15) is 0 Å². The highest BCUT2D eigenvalue weighted by atomic mass is 16.1. The van der Waals surface area contributed by atoms with Gasteiger partial charge in [-0.05, 0) is 78.0 Å². The SMILES string of the molecule is C=N/C=C\C(=C/C)NC(=O)c1cccc(N2CCCN(C3CCN(C(C)C)CC3)CC2)n1. The van der Waals surface area contributed by atoms with Crippen LogP contribution in [0.1, 0.15) is 50.5 Å². The summed E-state index contributed by atoms with van der Waals surface area (Å²) < 4.78 is 0. The van der Waals surface area contributed by atoms with Crippen LogP contribution < -0.4 is 10.2 Å². The molecule has 7 heteroatoms. The van der Waals surface area contributed by atoms with Crippen molar-refractivity contribution in [2.24, 2.45) is 4.99 Å². The molecule has 0 aliphatic carbocycles. The Morgan fingerprint density at radius 2 is 1.97 bits per heavy atom. The monoisotopic (exact) mass is 438 g/mol. The van der Waals surface area contributed by atoms with Crippen molar-refractivity contribution in [2.75, 3.05) is 44.2 Å². The predicted molar refractivity (Wildman–Crippen MR) is 132 cm³/mol. The molecule has 0 bridgehead atoms. The molecule has 0 spiro atoms. The molecule has 32 heavy (non-hydrogen) atoms. The molecular formula is C25H38N6O. The van der Waals surface area contributed by atoms with E-state index in [1.54, 1.807) is 18.3 Å². The van der Waals surface area contributed by atoms with Crippen molar-refractivity contribution in [3.05, 3.63) is 47.9 Å². The second-order valence-corrected chi connectivity index (χ2v) is 8.81. The molecule has 174 valence electrons. The van der Waals surface area contributed by atoms with Crippen LogP contribution in [-0.2, 0) is 0 Å². The van der Waals surface area contributed by atoms with Crippen molar-refractivity contribution in [1.29, 1.82) is 0 Å². The molecule has 0 aromatic carbocycles. The Hall–Kier alpha value is -2.51. The number of pyridine rings is 1. The van der Waals surface area contributed by atoms with Gasteiger partial charge in [-0.3, -0.25) is 14.7 Å². The average molecular weight is 439 g/mol. The molecule has 1 aromatic heterocycles. The van der Waals surface area contributed by atoms with Gasteiger partial charge in [0, 0.05) is 50.2 Å². The number of carbonyl (C=O) groups excluding carboxylic acids is 1. The Morgan fingerprint density at radius 1 is 1.19 bits per heavy atom. The van der Waals surface area contributed by atoms with Crippen LogP contribution in [0.3, 0.4) is 0 Å². The first kappa shape index (κ1) is 24.1. The number of nitrogens with one attached hydrogen (secondary N) is 1. The smallest absolute Gasteiger partial charge is 0.274 e. The average Bonchev–Trinajstić information content (AvgIpc) is 3.08. The molecule has 2 aliphatic heterocycles. The first-order valence-corrected chi connectivity index (χ1v) is 11.8. The molecule has 1 N–H and O–H groups in total. The summed E-state index contributed by atoms with van der Waals surface area (Å²) in [4.78, 5) is 28.6. The minimum Gasteiger partial charge on any atom is -0.355 e. The number of aromatic nitrogens is 1. The Bertz CT molecular complexity index is 825. The van der Waals surface area contributed by atoms with Gasteiger partial charge in [0.05, 0.1) is 0 Å². The van der Waals surface area contributed by atoms with Crippen LogP contribution >= 0.6 is 0 Å². The molecule has 1 amide bonds. The lowest BCUT2D eigenvalue weighted by molar-refractivity contribution is 0.0962. The fourth-order valence-electron chi connectivity index (χ4n) is 4.56. The van der Waals surface area contributed by atoms with E-state index in [-0.39, 0.29) is 5.91 Å². The summed E-state index contributed by atoms with van der Waals surface area (Å²) in [5.74, 6) is 0.654. The van der Waals surface area contributed by atoms with Crippen molar-refractivity contribution in [3.8, 4) is 0 Å². The molecule has 3 rings (SSSR count). The van der Waals surface area contributed by atoms with E-state index in [2.05, 4.69) is 50.6 Å². The summed E-state index contributed by atoms with van der Waals surface area (Å²) in [7, 11) is 0. The van der Waals surface area contributed by atoms with Gasteiger partial charge < -0.3 is 15.1 Å². The molecule has 0 unspecified atom stereocenters. The van der Waals surface area contributed by atoms with Crippen LogP contribution in [0.15, 0.2) is 47.2 Å². The van der Waals surface area contributed by atoms with Crippen LogP contribution in [0.5, 0.6) is 0 Å². The molecule has 7 nitrogen and oxygen atoms in total. The first-order chi connectivity index (χ1) is 15.5.